The average molecular weight is 465 g/mol. The molecule has 0 aliphatic heterocycles. The summed E-state index contributed by atoms with van der Waals surface area (Å²) in [6.45, 7) is 3.74. The minimum atomic E-state index is -0.893. The van der Waals surface area contributed by atoms with Gasteiger partial charge in [-0.3, -0.25) is 9.59 Å². The van der Waals surface area contributed by atoms with Gasteiger partial charge < -0.3 is 10.2 Å². The normalized spacial score (nSPS) is 12.6. The Morgan fingerprint density at radius 1 is 0.853 bits per heavy atom. The van der Waals surface area contributed by atoms with E-state index in [1.54, 1.807) is 36.4 Å². The van der Waals surface area contributed by atoms with Crippen molar-refractivity contribution < 1.29 is 18.4 Å². The van der Waals surface area contributed by atoms with Gasteiger partial charge in [0.05, 0.1) is 6.42 Å². The Morgan fingerprint density at radius 3 is 2.00 bits per heavy atom. The molecule has 178 valence electrons. The SMILES string of the molecule is CC[C@@H](C)NC(=O)[C@H](Cc1ccccc1)N(Cc1ccccc1F)C(=O)Cc1ccccc1F. The predicted octanol–water partition coefficient (Wildman–Crippen LogP) is 5.06. The lowest BCUT2D eigenvalue weighted by Crippen LogP contribution is -2.52. The van der Waals surface area contributed by atoms with Crippen molar-refractivity contribution in [2.75, 3.05) is 0 Å². The Bertz CT molecular complexity index is 1100. The maximum absolute atomic E-state index is 14.6. The summed E-state index contributed by atoms with van der Waals surface area (Å²) in [5, 5.41) is 2.96. The lowest BCUT2D eigenvalue weighted by molar-refractivity contribution is -0.141. The molecule has 34 heavy (non-hydrogen) atoms. The molecule has 4 nitrogen and oxygen atoms in total. The van der Waals surface area contributed by atoms with E-state index in [0.29, 0.717) is 5.56 Å². The fourth-order valence-corrected chi connectivity index (χ4v) is 3.71. The Labute approximate surface area is 199 Å². The first-order chi connectivity index (χ1) is 16.4. The fraction of sp³-hybridized carbons (Fsp3) is 0.286. The van der Waals surface area contributed by atoms with Gasteiger partial charge in [0, 0.05) is 24.6 Å². The Hall–Kier alpha value is -3.54. The molecular weight excluding hydrogens is 434 g/mol. The third kappa shape index (κ3) is 6.73. The summed E-state index contributed by atoms with van der Waals surface area (Å²) >= 11 is 0. The van der Waals surface area contributed by atoms with Crippen molar-refractivity contribution >= 4 is 11.8 Å². The Balaban J connectivity index is 2.00. The molecule has 3 aromatic carbocycles. The first-order valence-corrected chi connectivity index (χ1v) is 11.5. The summed E-state index contributed by atoms with van der Waals surface area (Å²) in [4.78, 5) is 28.3. The summed E-state index contributed by atoms with van der Waals surface area (Å²) in [7, 11) is 0. The van der Waals surface area contributed by atoms with Crippen LogP contribution in [0.1, 0.15) is 37.0 Å². The van der Waals surface area contributed by atoms with Gasteiger partial charge in [-0.15, -0.1) is 0 Å². The highest BCUT2D eigenvalue weighted by Gasteiger charge is 2.31. The molecule has 0 unspecified atom stereocenters. The second-order valence-corrected chi connectivity index (χ2v) is 8.40. The molecule has 0 heterocycles. The maximum atomic E-state index is 14.6. The molecule has 0 saturated carbocycles. The van der Waals surface area contributed by atoms with E-state index < -0.39 is 23.6 Å². The van der Waals surface area contributed by atoms with Gasteiger partial charge in [-0.2, -0.15) is 0 Å². The van der Waals surface area contributed by atoms with E-state index in [1.165, 1.54) is 17.0 Å². The van der Waals surface area contributed by atoms with Gasteiger partial charge >= 0.3 is 0 Å². The molecule has 1 N–H and O–H groups in total. The van der Waals surface area contributed by atoms with E-state index >= 15 is 0 Å². The maximum Gasteiger partial charge on any atom is 0.243 e. The van der Waals surface area contributed by atoms with E-state index in [2.05, 4.69) is 5.32 Å². The molecule has 3 rings (SSSR count). The lowest BCUT2D eigenvalue weighted by atomic mass is 10.0. The van der Waals surface area contributed by atoms with Gasteiger partial charge in [-0.1, -0.05) is 73.7 Å². The zero-order valence-corrected chi connectivity index (χ0v) is 19.5. The zero-order valence-electron chi connectivity index (χ0n) is 19.5. The summed E-state index contributed by atoms with van der Waals surface area (Å²) in [6, 6.07) is 20.6. The zero-order chi connectivity index (χ0) is 24.5. The topological polar surface area (TPSA) is 49.4 Å². The van der Waals surface area contributed by atoms with Crippen LogP contribution in [0.2, 0.25) is 0 Å². The second-order valence-electron chi connectivity index (χ2n) is 8.40. The minimum Gasteiger partial charge on any atom is -0.352 e. The number of benzene rings is 3. The van der Waals surface area contributed by atoms with Crippen LogP contribution >= 0.6 is 0 Å². The summed E-state index contributed by atoms with van der Waals surface area (Å²) in [5.74, 6) is -1.73. The summed E-state index contributed by atoms with van der Waals surface area (Å²) in [6.07, 6.45) is 0.740. The monoisotopic (exact) mass is 464 g/mol. The molecule has 2 atom stereocenters. The largest absolute Gasteiger partial charge is 0.352 e. The number of rotatable bonds is 10. The van der Waals surface area contributed by atoms with E-state index in [9.17, 15) is 18.4 Å². The van der Waals surface area contributed by atoms with Crippen LogP contribution in [-0.4, -0.2) is 28.8 Å². The van der Waals surface area contributed by atoms with E-state index in [-0.39, 0.29) is 36.9 Å². The van der Waals surface area contributed by atoms with Crippen LogP contribution < -0.4 is 5.32 Å². The molecule has 2 amide bonds. The number of amides is 2. The van der Waals surface area contributed by atoms with Crippen molar-refractivity contribution in [3.63, 3.8) is 0 Å². The Kier molecular flexibility index (Phi) is 8.91. The number of hydrogen-bond acceptors (Lipinski definition) is 2. The third-order valence-electron chi connectivity index (χ3n) is 5.87. The number of nitrogens with zero attached hydrogens (tertiary/aromatic N) is 1. The van der Waals surface area contributed by atoms with Crippen molar-refractivity contribution in [2.45, 2.75) is 51.7 Å². The van der Waals surface area contributed by atoms with Gasteiger partial charge in [0.25, 0.3) is 0 Å². The van der Waals surface area contributed by atoms with Gasteiger partial charge in [-0.05, 0) is 36.6 Å². The quantitative estimate of drug-likeness (QED) is 0.456. The third-order valence-corrected chi connectivity index (χ3v) is 5.87. The molecule has 0 saturated heterocycles. The highest BCUT2D eigenvalue weighted by Crippen LogP contribution is 2.19. The predicted molar refractivity (Wildman–Crippen MR) is 129 cm³/mol. The van der Waals surface area contributed by atoms with Gasteiger partial charge in [-0.25, -0.2) is 8.78 Å². The van der Waals surface area contributed by atoms with Crippen molar-refractivity contribution in [2.24, 2.45) is 0 Å². The van der Waals surface area contributed by atoms with Gasteiger partial charge in [0.15, 0.2) is 0 Å². The molecule has 0 spiro atoms. The molecule has 0 radical (unpaired) electrons. The highest BCUT2D eigenvalue weighted by atomic mass is 19.1. The van der Waals surface area contributed by atoms with Crippen molar-refractivity contribution in [3.8, 4) is 0 Å². The molecule has 6 heteroatoms. The first-order valence-electron chi connectivity index (χ1n) is 11.5. The van der Waals surface area contributed by atoms with Crippen molar-refractivity contribution in [1.82, 2.24) is 10.2 Å². The molecule has 0 aliphatic rings. The highest BCUT2D eigenvalue weighted by molar-refractivity contribution is 5.89. The van der Waals surface area contributed by atoms with Crippen LogP contribution in [0.25, 0.3) is 0 Å². The number of nitrogens with one attached hydrogen (secondary N) is 1. The van der Waals surface area contributed by atoms with Crippen LogP contribution in [0.5, 0.6) is 0 Å². The van der Waals surface area contributed by atoms with E-state index in [1.807, 2.05) is 44.2 Å². The van der Waals surface area contributed by atoms with Crippen molar-refractivity contribution in [3.05, 3.63) is 107 Å². The van der Waals surface area contributed by atoms with Gasteiger partial charge in [0.2, 0.25) is 11.8 Å². The smallest absolute Gasteiger partial charge is 0.243 e. The van der Waals surface area contributed by atoms with Crippen molar-refractivity contribution in [1.29, 1.82) is 0 Å². The lowest BCUT2D eigenvalue weighted by Gasteiger charge is -2.32. The molecular formula is C28H30F2N2O2. The van der Waals surface area contributed by atoms with Gasteiger partial charge in [0.1, 0.15) is 17.7 Å². The fourth-order valence-electron chi connectivity index (χ4n) is 3.71. The number of hydrogen-bond donors (Lipinski definition) is 1. The van der Waals surface area contributed by atoms with Crippen LogP contribution in [0.3, 0.4) is 0 Å². The molecule has 3 aromatic rings. The average Bonchev–Trinajstić information content (AvgIpc) is 2.84. The number of carbonyl (C=O) groups excluding carboxylic acids is 2. The van der Waals surface area contributed by atoms with Crippen LogP contribution in [0, 0.1) is 11.6 Å². The molecule has 0 bridgehead atoms. The minimum absolute atomic E-state index is 0.0947. The number of carbonyl (C=O) groups is 2. The number of halogens is 2. The molecule has 0 aliphatic carbocycles. The summed E-state index contributed by atoms with van der Waals surface area (Å²) < 4.78 is 28.9. The first kappa shape index (κ1) is 25.1. The summed E-state index contributed by atoms with van der Waals surface area (Å²) in [5.41, 5.74) is 1.38. The molecule has 0 fully saturated rings. The van der Waals surface area contributed by atoms with Crippen LogP contribution in [0.4, 0.5) is 8.78 Å². The Morgan fingerprint density at radius 2 is 1.41 bits per heavy atom. The van der Waals surface area contributed by atoms with Crippen LogP contribution in [-0.2, 0) is 29.0 Å². The second kappa shape index (κ2) is 12.1. The van der Waals surface area contributed by atoms with E-state index in [4.69, 9.17) is 0 Å². The standard InChI is InChI=1S/C28H30F2N2O2/c1-3-20(2)31-28(34)26(17-21-11-5-4-6-12-21)32(19-23-14-8-10-16-25(23)30)27(33)18-22-13-7-9-15-24(22)29/h4-16,20,26H,3,17-19H2,1-2H3,(H,31,34)/t20-,26+/m1/s1. The van der Waals surface area contributed by atoms with Crippen LogP contribution in [0.15, 0.2) is 78.9 Å². The van der Waals surface area contributed by atoms with E-state index in [0.717, 1.165) is 12.0 Å². The molecule has 0 aromatic heterocycles.